The number of likely N-dealkylation sites (N-methyl/N-ethyl adjacent to an activating group) is 5. The minimum absolute atomic E-state index is 0.141. The van der Waals surface area contributed by atoms with E-state index >= 15 is 0 Å². The molecule has 594 valence electrons. The predicted octanol–water partition coefficient (Wildman–Crippen LogP) is 16.7. The van der Waals surface area contributed by atoms with Crippen LogP contribution in [0.15, 0.2) is 70.1 Å². The molecule has 0 radical (unpaired) electrons. The Bertz CT molecular complexity index is 3590. The van der Waals surface area contributed by atoms with Crippen molar-refractivity contribution in [2.24, 2.45) is 17.2 Å². The highest BCUT2D eigenvalue weighted by atomic mass is 32.1. The van der Waals surface area contributed by atoms with Crippen LogP contribution in [0.2, 0.25) is 0 Å². The van der Waals surface area contributed by atoms with Crippen LogP contribution < -0.4 is 43.8 Å². The number of nitrogens with two attached hydrogens (primary N) is 3. The molecule has 6 unspecified atom stereocenters. The summed E-state index contributed by atoms with van der Waals surface area (Å²) in [5.41, 5.74) is 28.1. The number of hydrogen-bond donors (Lipinski definition) is 8. The second kappa shape index (κ2) is 48.9. The predicted molar refractivity (Wildman–Crippen MR) is 456 cm³/mol. The van der Waals surface area contributed by atoms with Crippen molar-refractivity contribution >= 4 is 90.7 Å². The zero-order chi connectivity index (χ0) is 75.5. The molecule has 8 aliphatic rings. The van der Waals surface area contributed by atoms with Crippen LogP contribution in [-0.4, -0.2) is 140 Å². The van der Waals surface area contributed by atoms with Gasteiger partial charge in [0.25, 0.3) is 0 Å². The van der Waals surface area contributed by atoms with Gasteiger partial charge in [0.1, 0.15) is 0 Å². The van der Waals surface area contributed by atoms with Gasteiger partial charge in [-0.3, -0.25) is 0 Å². The zero-order valence-electron chi connectivity index (χ0n) is 65.4. The van der Waals surface area contributed by atoms with Crippen LogP contribution in [0.3, 0.4) is 0 Å². The van der Waals surface area contributed by atoms with Crippen molar-refractivity contribution in [3.05, 3.63) is 173 Å². The molecule has 11 N–H and O–H groups in total. The Morgan fingerprint density at radius 3 is 0.785 bits per heavy atom. The third-order valence-corrected chi connectivity index (χ3v) is 28.8. The molecule has 8 aromatic rings. The van der Waals surface area contributed by atoms with Gasteiger partial charge in [-0.1, -0.05) is 13.8 Å². The molecule has 8 atom stereocenters. The molecule has 0 amide bonds. The van der Waals surface area contributed by atoms with Crippen molar-refractivity contribution in [1.29, 1.82) is 0 Å². The average molecular weight is 1620 g/mol. The number of thiophene rings is 8. The Labute approximate surface area is 672 Å². The van der Waals surface area contributed by atoms with Crippen molar-refractivity contribution in [2.45, 2.75) is 192 Å². The number of ether oxygens (including phenoxy) is 8. The Kier molecular flexibility index (Phi) is 40.2. The van der Waals surface area contributed by atoms with E-state index in [9.17, 15) is 0 Å². The lowest BCUT2D eigenvalue weighted by atomic mass is 10.1. The van der Waals surface area contributed by atoms with E-state index in [1.807, 2.05) is 126 Å². The number of fused-ring (bicyclic) bond motifs is 8. The maximum atomic E-state index is 5.87. The molecule has 107 heavy (non-hydrogen) atoms. The first-order valence-electron chi connectivity index (χ1n) is 39.4. The lowest BCUT2D eigenvalue weighted by Crippen LogP contribution is -2.19. The Balaban J connectivity index is 0.000000141. The fourth-order valence-electron chi connectivity index (χ4n) is 14.5. The second-order valence-corrected chi connectivity index (χ2v) is 36.9. The van der Waals surface area contributed by atoms with Crippen LogP contribution in [-0.2, 0) is 102 Å². The van der Waals surface area contributed by atoms with Crippen LogP contribution in [0.5, 0.6) is 0 Å². The molecule has 0 fully saturated rings. The van der Waals surface area contributed by atoms with E-state index in [0.29, 0.717) is 19.6 Å². The quantitative estimate of drug-likeness (QED) is 0.0480. The lowest BCUT2D eigenvalue weighted by Gasteiger charge is -2.14. The monoisotopic (exact) mass is 1620 g/mol. The molecular weight excluding hydrogens is 1490 g/mol. The average Bonchev–Trinajstić information content (AvgIpc) is 1.69. The smallest absolute Gasteiger partial charge is 0.0959 e. The number of aryl methyl sites for hydroxylation is 12. The highest BCUT2D eigenvalue weighted by molar-refractivity contribution is 7.13. The highest BCUT2D eigenvalue weighted by Gasteiger charge is 2.27. The first-order chi connectivity index (χ1) is 52.5. The molecule has 16 heterocycles. The summed E-state index contributed by atoms with van der Waals surface area (Å²) in [5, 5.41) is 24.6. The molecule has 0 bridgehead atoms. The van der Waals surface area contributed by atoms with Crippen LogP contribution in [0.25, 0.3) is 0 Å². The van der Waals surface area contributed by atoms with E-state index in [0.717, 1.165) is 169 Å². The minimum Gasteiger partial charge on any atom is -0.372 e. The minimum atomic E-state index is 0.141. The van der Waals surface area contributed by atoms with Gasteiger partial charge in [0.05, 0.1) is 48.8 Å². The molecule has 8 aromatic heterocycles. The molecule has 0 saturated carbocycles. The second-order valence-electron chi connectivity index (χ2n) is 27.8. The molecule has 16 nitrogen and oxygen atoms in total. The molecule has 8 aliphatic heterocycles. The van der Waals surface area contributed by atoms with Gasteiger partial charge in [0.15, 0.2) is 0 Å². The van der Waals surface area contributed by atoms with Crippen LogP contribution in [0.4, 0.5) is 0 Å². The maximum Gasteiger partial charge on any atom is 0.0959 e. The molecule has 16 rings (SSSR count). The van der Waals surface area contributed by atoms with Gasteiger partial charge in [0, 0.05) is 164 Å². The fourth-order valence-corrected chi connectivity index (χ4v) is 23.1. The molecule has 0 spiro atoms. The van der Waals surface area contributed by atoms with Crippen molar-refractivity contribution in [3.63, 3.8) is 0 Å². The molecular formula is C83H126N8O8S8. The summed E-state index contributed by atoms with van der Waals surface area (Å²) >= 11 is 15.1. The first-order valence-corrected chi connectivity index (χ1v) is 46.2. The molecule has 0 aliphatic carbocycles. The lowest BCUT2D eigenvalue weighted by molar-refractivity contribution is 0.0578. The third kappa shape index (κ3) is 26.8. The van der Waals surface area contributed by atoms with Crippen molar-refractivity contribution < 1.29 is 37.9 Å². The molecule has 0 saturated heterocycles. The van der Waals surface area contributed by atoms with E-state index < -0.39 is 0 Å². The third-order valence-electron chi connectivity index (χ3n) is 19.8. The van der Waals surface area contributed by atoms with E-state index in [-0.39, 0.29) is 48.8 Å². The summed E-state index contributed by atoms with van der Waals surface area (Å²) in [4.78, 5) is 17.8. The van der Waals surface area contributed by atoms with Crippen LogP contribution >= 0.6 is 90.7 Å². The normalized spacial score (nSPS) is 22.1. The van der Waals surface area contributed by atoms with Gasteiger partial charge in [-0.25, -0.2) is 0 Å². The zero-order valence-corrected chi connectivity index (χ0v) is 71.9. The SMILES string of the molecule is CCc1cc2c(s1)CCCOC2CN.CCc1cc2c(s1)CCCOC2CNC.CNCC1OCCCc2sc(C)cc21.CNCC1OCCCc2sccc21.CNC[C@@H]1OCCCc2sccc21.CNC[C@H]1OCCCc2sccc21.Cc1cc2c(s1)CCCOC2CN.NCC1OCCCc2sccc21. The first kappa shape index (κ1) is 87.9. The topological polar surface area (TPSA) is 212 Å². The van der Waals surface area contributed by atoms with Crippen molar-refractivity contribution in [3.8, 4) is 0 Å². The highest BCUT2D eigenvalue weighted by Crippen LogP contribution is 2.39. The summed E-state index contributed by atoms with van der Waals surface area (Å²) < 4.78 is 46.0. The standard InChI is InChI=1S/C12H19NOS.2C11H17NOS.4C10H15NOS.C9H13NOS/c1-3-9-7-10-11(8-13-2)14-6-4-5-12(10)15-9;1-8-6-9-10(7-12-2)13-5-3-4-11(9)14-8;1-2-8-6-9-10(7-12)13-5-3-4-11(9)14-8;3*1-11-7-9-8-4-6-13-10(8)3-2-5-12-9;1-7-5-8-9(6-11)12-4-2-3-10(8)13-7;10-6-8-7-3-5-12-9(7)2-1-4-11-8/h7,11,13H,3-6,8H2,1-2H3;6,10,12H,3-5,7H2,1-2H3;6,10H,2-5,7,12H2,1H3;3*4,6,9,11H,2-3,5,7H2,1H3;5,9H,2-4,6,11H2,1H3;3,5,8H,1-2,4,6,10H2/t;;;2*9-;;;/m...10.../s1. The van der Waals surface area contributed by atoms with E-state index in [2.05, 4.69) is 124 Å². The van der Waals surface area contributed by atoms with Gasteiger partial charge >= 0.3 is 0 Å². The maximum absolute atomic E-state index is 5.87. The van der Waals surface area contributed by atoms with Gasteiger partial charge < -0.3 is 81.7 Å². The Morgan fingerprint density at radius 2 is 0.514 bits per heavy atom. The van der Waals surface area contributed by atoms with Crippen LogP contribution in [0.1, 0.15) is 217 Å². The number of nitrogens with one attached hydrogen (secondary N) is 5. The van der Waals surface area contributed by atoms with Gasteiger partial charge in [-0.15, -0.1) is 90.7 Å². The number of hydrogen-bond acceptors (Lipinski definition) is 24. The van der Waals surface area contributed by atoms with Gasteiger partial charge in [-0.05, 0) is 279 Å². The summed E-state index contributed by atoms with van der Waals surface area (Å²) in [6.45, 7) is 22.2. The largest absolute Gasteiger partial charge is 0.372 e. The summed E-state index contributed by atoms with van der Waals surface area (Å²) in [6.07, 6.45) is 22.7. The van der Waals surface area contributed by atoms with E-state index in [1.165, 1.54) is 130 Å². The van der Waals surface area contributed by atoms with E-state index in [1.54, 1.807) is 4.88 Å². The Morgan fingerprint density at radius 1 is 0.299 bits per heavy atom. The van der Waals surface area contributed by atoms with Gasteiger partial charge in [-0.2, -0.15) is 0 Å². The summed E-state index contributed by atoms with van der Waals surface area (Å²) in [6, 6.07) is 17.9. The van der Waals surface area contributed by atoms with Crippen LogP contribution in [0, 0.1) is 13.8 Å². The van der Waals surface area contributed by atoms with Crippen molar-refractivity contribution in [2.75, 3.05) is 140 Å². The van der Waals surface area contributed by atoms with Crippen molar-refractivity contribution in [1.82, 2.24) is 26.6 Å². The summed E-state index contributed by atoms with van der Waals surface area (Å²) in [5.74, 6) is 0. The summed E-state index contributed by atoms with van der Waals surface area (Å²) in [7, 11) is 9.88. The molecule has 0 aromatic carbocycles. The Hall–Kier alpha value is -3.04. The fraction of sp³-hybridized carbons (Fsp3) is 0.614. The van der Waals surface area contributed by atoms with Gasteiger partial charge in [0.2, 0.25) is 0 Å². The van der Waals surface area contributed by atoms with E-state index in [4.69, 9.17) is 55.1 Å². The number of rotatable bonds is 15. The molecule has 24 heteroatoms.